The quantitative estimate of drug-likeness (QED) is 0.547. The molecule has 2 heterocycles. The fourth-order valence-electron chi connectivity index (χ4n) is 2.69. The van der Waals surface area contributed by atoms with E-state index in [-0.39, 0.29) is 18.2 Å². The summed E-state index contributed by atoms with van der Waals surface area (Å²) in [7, 11) is 0. The van der Waals surface area contributed by atoms with Crippen LogP contribution < -0.4 is 16.4 Å². The maximum Gasteiger partial charge on any atom is 0.255 e. The molecule has 144 valence electrons. The Morgan fingerprint density at radius 2 is 1.82 bits per heavy atom. The van der Waals surface area contributed by atoms with Gasteiger partial charge in [0.25, 0.3) is 5.91 Å². The molecule has 3 rings (SSSR count). The zero-order valence-electron chi connectivity index (χ0n) is 15.3. The van der Waals surface area contributed by atoms with Gasteiger partial charge in [0.15, 0.2) is 0 Å². The molecule has 0 aliphatic rings. The van der Waals surface area contributed by atoms with E-state index in [0.29, 0.717) is 17.8 Å². The van der Waals surface area contributed by atoms with Crippen molar-refractivity contribution in [2.45, 2.75) is 18.9 Å². The summed E-state index contributed by atoms with van der Waals surface area (Å²) in [5, 5.41) is 7.72. The van der Waals surface area contributed by atoms with E-state index in [2.05, 4.69) is 21.7 Å². The van der Waals surface area contributed by atoms with Crippen LogP contribution in [0.25, 0.3) is 0 Å². The van der Waals surface area contributed by atoms with Gasteiger partial charge in [-0.15, -0.1) is 11.3 Å². The number of thiophene rings is 1. The molecule has 0 radical (unpaired) electrons. The molecule has 0 spiro atoms. The van der Waals surface area contributed by atoms with Gasteiger partial charge in [-0.2, -0.15) is 0 Å². The minimum Gasteiger partial charge on any atom is -0.356 e. The molecule has 6 nitrogen and oxygen atoms in total. The molecule has 7 heteroatoms. The third kappa shape index (κ3) is 5.73. The van der Waals surface area contributed by atoms with Gasteiger partial charge >= 0.3 is 0 Å². The van der Waals surface area contributed by atoms with Gasteiger partial charge in [0.2, 0.25) is 5.91 Å². The predicted molar refractivity (Wildman–Crippen MR) is 111 cm³/mol. The number of benzene rings is 1. The monoisotopic (exact) mass is 394 g/mol. The van der Waals surface area contributed by atoms with Gasteiger partial charge in [0.1, 0.15) is 0 Å². The second-order valence-electron chi connectivity index (χ2n) is 6.30. The Bertz CT molecular complexity index is 896. The topological polar surface area (TPSA) is 97.1 Å². The molecule has 3 aromatic rings. The van der Waals surface area contributed by atoms with E-state index < -0.39 is 6.04 Å². The first-order valence-electron chi connectivity index (χ1n) is 8.98. The van der Waals surface area contributed by atoms with E-state index in [0.717, 1.165) is 12.0 Å². The van der Waals surface area contributed by atoms with Crippen LogP contribution in [0.1, 0.15) is 33.3 Å². The highest BCUT2D eigenvalue weighted by atomic mass is 32.1. The standard InChI is InChI=1S/C21H22N4O2S/c22-19(14-20(26)24-12-9-18-2-1-13-28-18)15-3-5-16(6-4-15)21(27)25-17-7-10-23-11-8-17/h1-8,10-11,13,19H,9,12,14,22H2,(H,24,26)(H,23,25,27). The molecule has 1 atom stereocenters. The molecule has 1 aromatic carbocycles. The Kier molecular flexibility index (Phi) is 6.89. The minimum absolute atomic E-state index is 0.0800. The van der Waals surface area contributed by atoms with E-state index in [1.54, 1.807) is 60.1 Å². The van der Waals surface area contributed by atoms with Crippen molar-refractivity contribution in [2.24, 2.45) is 5.73 Å². The number of carbonyl (C=O) groups is 2. The lowest BCUT2D eigenvalue weighted by Gasteiger charge is -2.13. The first-order chi connectivity index (χ1) is 13.6. The van der Waals surface area contributed by atoms with Crippen molar-refractivity contribution >= 4 is 28.8 Å². The highest BCUT2D eigenvalue weighted by Gasteiger charge is 2.13. The van der Waals surface area contributed by atoms with Gasteiger partial charge in [0.05, 0.1) is 0 Å². The Hall–Kier alpha value is -3.03. The summed E-state index contributed by atoms with van der Waals surface area (Å²) < 4.78 is 0. The van der Waals surface area contributed by atoms with Crippen molar-refractivity contribution in [3.8, 4) is 0 Å². The van der Waals surface area contributed by atoms with Gasteiger partial charge in [-0.1, -0.05) is 18.2 Å². The van der Waals surface area contributed by atoms with E-state index in [4.69, 9.17) is 5.73 Å². The van der Waals surface area contributed by atoms with Crippen LogP contribution >= 0.6 is 11.3 Å². The molecule has 2 aromatic heterocycles. The Balaban J connectivity index is 1.48. The van der Waals surface area contributed by atoms with Gasteiger partial charge < -0.3 is 16.4 Å². The summed E-state index contributed by atoms with van der Waals surface area (Å²) in [5.74, 6) is -0.291. The molecule has 4 N–H and O–H groups in total. The molecule has 0 bridgehead atoms. The molecule has 0 saturated carbocycles. The summed E-state index contributed by atoms with van der Waals surface area (Å²) in [6.07, 6.45) is 4.25. The molecule has 0 fully saturated rings. The lowest BCUT2D eigenvalue weighted by Crippen LogP contribution is -2.29. The fraction of sp³-hybridized carbons (Fsp3) is 0.190. The number of aromatic nitrogens is 1. The number of hydrogen-bond donors (Lipinski definition) is 3. The largest absolute Gasteiger partial charge is 0.356 e. The lowest BCUT2D eigenvalue weighted by atomic mass is 10.0. The number of amides is 2. The minimum atomic E-state index is -0.418. The highest BCUT2D eigenvalue weighted by Crippen LogP contribution is 2.16. The van der Waals surface area contributed by atoms with Gasteiger partial charge in [-0.05, 0) is 47.7 Å². The maximum absolute atomic E-state index is 12.3. The molecule has 0 aliphatic heterocycles. The number of hydrogen-bond acceptors (Lipinski definition) is 5. The fourth-order valence-corrected chi connectivity index (χ4v) is 3.40. The molecule has 28 heavy (non-hydrogen) atoms. The first kappa shape index (κ1) is 19.7. The average molecular weight is 395 g/mol. The molecule has 0 aliphatic carbocycles. The molecule has 2 amide bonds. The molecular weight excluding hydrogens is 372 g/mol. The number of rotatable bonds is 8. The van der Waals surface area contributed by atoms with Crippen LogP contribution in [-0.2, 0) is 11.2 Å². The SMILES string of the molecule is NC(CC(=O)NCCc1cccs1)c1ccc(C(=O)Nc2ccncc2)cc1. The summed E-state index contributed by atoms with van der Waals surface area (Å²) in [5.41, 5.74) is 8.16. The van der Waals surface area contributed by atoms with E-state index in [1.165, 1.54) is 4.88 Å². The van der Waals surface area contributed by atoms with Crippen LogP contribution in [-0.4, -0.2) is 23.3 Å². The third-order valence-corrected chi connectivity index (χ3v) is 5.15. The second-order valence-corrected chi connectivity index (χ2v) is 7.33. The molecule has 1 unspecified atom stereocenters. The van der Waals surface area contributed by atoms with Crippen molar-refractivity contribution in [2.75, 3.05) is 11.9 Å². The first-order valence-corrected chi connectivity index (χ1v) is 9.86. The number of nitrogens with one attached hydrogen (secondary N) is 2. The number of nitrogens with zero attached hydrogens (tertiary/aromatic N) is 1. The van der Waals surface area contributed by atoms with Crippen LogP contribution in [0.4, 0.5) is 5.69 Å². The predicted octanol–water partition coefficient (Wildman–Crippen LogP) is 3.14. The van der Waals surface area contributed by atoms with Crippen LogP contribution in [0.2, 0.25) is 0 Å². The number of nitrogens with two attached hydrogens (primary N) is 1. The summed E-state index contributed by atoms with van der Waals surface area (Å²) in [4.78, 5) is 29.5. The van der Waals surface area contributed by atoms with Crippen molar-refractivity contribution in [1.29, 1.82) is 0 Å². The van der Waals surface area contributed by atoms with Crippen LogP contribution in [0.15, 0.2) is 66.3 Å². The second kappa shape index (κ2) is 9.77. The number of pyridine rings is 1. The van der Waals surface area contributed by atoms with E-state index in [1.807, 2.05) is 11.4 Å². The molecular formula is C21H22N4O2S. The van der Waals surface area contributed by atoms with Crippen molar-refractivity contribution in [3.63, 3.8) is 0 Å². The zero-order valence-corrected chi connectivity index (χ0v) is 16.1. The van der Waals surface area contributed by atoms with Crippen LogP contribution in [0, 0.1) is 0 Å². The zero-order chi connectivity index (χ0) is 19.8. The summed E-state index contributed by atoms with van der Waals surface area (Å²) in [6.45, 7) is 0.597. The summed E-state index contributed by atoms with van der Waals surface area (Å²) in [6, 6.07) is 14.1. The normalized spacial score (nSPS) is 11.6. The van der Waals surface area contributed by atoms with Crippen LogP contribution in [0.3, 0.4) is 0 Å². The van der Waals surface area contributed by atoms with Crippen LogP contribution in [0.5, 0.6) is 0 Å². The van der Waals surface area contributed by atoms with Gasteiger partial charge in [-0.25, -0.2) is 0 Å². The lowest BCUT2D eigenvalue weighted by molar-refractivity contribution is -0.121. The highest BCUT2D eigenvalue weighted by molar-refractivity contribution is 7.09. The average Bonchev–Trinajstić information content (AvgIpc) is 3.22. The molecule has 0 saturated heterocycles. The van der Waals surface area contributed by atoms with Crippen molar-refractivity contribution in [3.05, 3.63) is 82.3 Å². The van der Waals surface area contributed by atoms with Gasteiger partial charge in [0, 0.05) is 47.5 Å². The van der Waals surface area contributed by atoms with Crippen molar-refractivity contribution < 1.29 is 9.59 Å². The van der Waals surface area contributed by atoms with E-state index >= 15 is 0 Å². The Labute approximate surface area is 167 Å². The van der Waals surface area contributed by atoms with Gasteiger partial charge in [-0.3, -0.25) is 14.6 Å². The maximum atomic E-state index is 12.3. The Morgan fingerprint density at radius 1 is 1.07 bits per heavy atom. The Morgan fingerprint density at radius 3 is 2.50 bits per heavy atom. The third-order valence-electron chi connectivity index (χ3n) is 4.22. The van der Waals surface area contributed by atoms with Crippen molar-refractivity contribution in [1.82, 2.24) is 10.3 Å². The summed E-state index contributed by atoms with van der Waals surface area (Å²) >= 11 is 1.68. The number of carbonyl (C=O) groups excluding carboxylic acids is 2. The smallest absolute Gasteiger partial charge is 0.255 e. The van der Waals surface area contributed by atoms with E-state index in [9.17, 15) is 9.59 Å². The number of anilines is 1.